The van der Waals surface area contributed by atoms with Gasteiger partial charge in [0.1, 0.15) is 4.90 Å². The third-order valence-electron chi connectivity index (χ3n) is 2.98. The zero-order valence-electron chi connectivity index (χ0n) is 11.1. The van der Waals surface area contributed by atoms with Gasteiger partial charge >= 0.3 is 0 Å². The molecule has 0 atom stereocenters. The molecule has 0 amide bonds. The Balaban J connectivity index is 2.46. The largest absolute Gasteiger partial charge is 0.398 e. The van der Waals surface area contributed by atoms with Crippen LogP contribution in [0.3, 0.4) is 0 Å². The summed E-state index contributed by atoms with van der Waals surface area (Å²) in [4.78, 5) is 0.0181. The zero-order chi connectivity index (χ0) is 14.9. The summed E-state index contributed by atoms with van der Waals surface area (Å²) in [6, 6.07) is 9.87. The van der Waals surface area contributed by atoms with E-state index in [2.05, 4.69) is 4.72 Å². The smallest absolute Gasteiger partial charge is 0.263 e. The summed E-state index contributed by atoms with van der Waals surface area (Å²) in [6.45, 7) is 3.69. The van der Waals surface area contributed by atoms with Gasteiger partial charge in [-0.05, 0) is 43.2 Å². The maximum Gasteiger partial charge on any atom is 0.263 e. The molecule has 3 N–H and O–H groups in total. The molecule has 106 valence electrons. The SMILES string of the molecule is Cc1cccc(C)c1NS(=O)(=O)c1ccc(Cl)cc1N. The van der Waals surface area contributed by atoms with Crippen LogP contribution in [0.15, 0.2) is 41.3 Å². The highest BCUT2D eigenvalue weighted by molar-refractivity contribution is 7.92. The van der Waals surface area contributed by atoms with Gasteiger partial charge in [-0.2, -0.15) is 0 Å². The number of nitrogens with two attached hydrogens (primary N) is 1. The first-order valence-corrected chi connectivity index (χ1v) is 7.81. The molecule has 0 bridgehead atoms. The second-order valence-electron chi connectivity index (χ2n) is 4.55. The van der Waals surface area contributed by atoms with Crippen LogP contribution in [0.5, 0.6) is 0 Å². The molecular formula is C14H15ClN2O2S. The van der Waals surface area contributed by atoms with Crippen molar-refractivity contribution in [2.75, 3.05) is 10.5 Å². The van der Waals surface area contributed by atoms with Crippen LogP contribution in [0.2, 0.25) is 5.02 Å². The van der Waals surface area contributed by atoms with E-state index < -0.39 is 10.0 Å². The van der Waals surface area contributed by atoms with Crippen LogP contribution in [0.1, 0.15) is 11.1 Å². The number of sulfonamides is 1. The van der Waals surface area contributed by atoms with E-state index >= 15 is 0 Å². The molecule has 0 saturated heterocycles. The van der Waals surface area contributed by atoms with Crippen LogP contribution < -0.4 is 10.5 Å². The highest BCUT2D eigenvalue weighted by atomic mass is 35.5. The molecule has 20 heavy (non-hydrogen) atoms. The molecule has 0 aliphatic rings. The molecule has 0 spiro atoms. The number of para-hydroxylation sites is 1. The molecule has 0 heterocycles. The summed E-state index contributed by atoms with van der Waals surface area (Å²) in [6.07, 6.45) is 0. The van der Waals surface area contributed by atoms with Crippen LogP contribution in [-0.4, -0.2) is 8.42 Å². The van der Waals surface area contributed by atoms with Crippen molar-refractivity contribution in [1.82, 2.24) is 0 Å². The van der Waals surface area contributed by atoms with Crippen LogP contribution in [0.25, 0.3) is 0 Å². The molecule has 0 fully saturated rings. The Hall–Kier alpha value is -1.72. The Bertz CT molecular complexity index is 738. The number of halogens is 1. The van der Waals surface area contributed by atoms with E-state index in [1.807, 2.05) is 32.0 Å². The number of aryl methyl sites for hydroxylation is 2. The maximum absolute atomic E-state index is 12.4. The molecule has 6 heteroatoms. The van der Waals surface area contributed by atoms with Crippen molar-refractivity contribution in [1.29, 1.82) is 0 Å². The molecule has 4 nitrogen and oxygen atoms in total. The van der Waals surface area contributed by atoms with Crippen molar-refractivity contribution in [3.05, 3.63) is 52.5 Å². The van der Waals surface area contributed by atoms with Gasteiger partial charge in [-0.1, -0.05) is 29.8 Å². The van der Waals surface area contributed by atoms with Crippen molar-refractivity contribution >= 4 is 33.0 Å². The quantitative estimate of drug-likeness (QED) is 0.854. The summed E-state index contributed by atoms with van der Waals surface area (Å²) >= 11 is 5.78. The second-order valence-corrected chi connectivity index (χ2v) is 6.64. The normalized spacial score (nSPS) is 11.3. The van der Waals surface area contributed by atoms with E-state index in [9.17, 15) is 8.42 Å². The Morgan fingerprint density at radius 1 is 1.10 bits per heavy atom. The predicted molar refractivity (Wildman–Crippen MR) is 82.6 cm³/mol. The van der Waals surface area contributed by atoms with Gasteiger partial charge in [0, 0.05) is 5.02 Å². The Morgan fingerprint density at radius 3 is 2.25 bits per heavy atom. The van der Waals surface area contributed by atoms with E-state index in [1.165, 1.54) is 18.2 Å². The van der Waals surface area contributed by atoms with Crippen LogP contribution >= 0.6 is 11.6 Å². The average Bonchev–Trinajstić information content (AvgIpc) is 2.33. The molecule has 0 saturated carbocycles. The number of hydrogen-bond donors (Lipinski definition) is 2. The maximum atomic E-state index is 12.4. The van der Waals surface area contributed by atoms with Gasteiger partial charge in [0.05, 0.1) is 11.4 Å². The third kappa shape index (κ3) is 2.89. The van der Waals surface area contributed by atoms with Gasteiger partial charge in [0.15, 0.2) is 0 Å². The van der Waals surface area contributed by atoms with E-state index in [4.69, 9.17) is 17.3 Å². The molecule has 2 rings (SSSR count). The van der Waals surface area contributed by atoms with E-state index in [0.717, 1.165) is 11.1 Å². The number of nitrogen functional groups attached to an aromatic ring is 1. The first kappa shape index (κ1) is 14.7. The topological polar surface area (TPSA) is 72.2 Å². The molecular weight excluding hydrogens is 296 g/mol. The van der Waals surface area contributed by atoms with Gasteiger partial charge in [0.2, 0.25) is 0 Å². The van der Waals surface area contributed by atoms with Crippen LogP contribution in [0.4, 0.5) is 11.4 Å². The number of nitrogens with one attached hydrogen (secondary N) is 1. The standard InChI is InChI=1S/C14H15ClN2O2S/c1-9-4-3-5-10(2)14(9)17-20(18,19)13-7-6-11(15)8-12(13)16/h3-8,17H,16H2,1-2H3. The molecule has 2 aromatic rings. The van der Waals surface area contributed by atoms with Gasteiger partial charge < -0.3 is 5.73 Å². The van der Waals surface area contributed by atoms with Crippen molar-refractivity contribution in [2.24, 2.45) is 0 Å². The highest BCUT2D eigenvalue weighted by Crippen LogP contribution is 2.27. The fraction of sp³-hybridized carbons (Fsp3) is 0.143. The van der Waals surface area contributed by atoms with Gasteiger partial charge in [0.25, 0.3) is 10.0 Å². The van der Waals surface area contributed by atoms with E-state index in [1.54, 1.807) is 0 Å². The molecule has 0 aromatic heterocycles. The third-order valence-corrected chi connectivity index (χ3v) is 4.64. The minimum atomic E-state index is -3.74. The van der Waals surface area contributed by atoms with Crippen LogP contribution in [0, 0.1) is 13.8 Å². The van der Waals surface area contributed by atoms with E-state index in [0.29, 0.717) is 10.7 Å². The Labute approximate surface area is 123 Å². The summed E-state index contributed by atoms with van der Waals surface area (Å²) in [5.41, 5.74) is 8.12. The average molecular weight is 311 g/mol. The number of benzene rings is 2. The lowest BCUT2D eigenvalue weighted by atomic mass is 10.1. The van der Waals surface area contributed by atoms with Crippen molar-refractivity contribution in [2.45, 2.75) is 18.7 Å². The lowest BCUT2D eigenvalue weighted by Crippen LogP contribution is -2.16. The Morgan fingerprint density at radius 2 is 1.70 bits per heavy atom. The van der Waals surface area contributed by atoms with Gasteiger partial charge in [-0.3, -0.25) is 4.72 Å². The summed E-state index contributed by atoms with van der Waals surface area (Å²) in [5.74, 6) is 0. The number of rotatable bonds is 3. The molecule has 0 radical (unpaired) electrons. The van der Waals surface area contributed by atoms with Crippen molar-refractivity contribution in [3.63, 3.8) is 0 Å². The second kappa shape index (κ2) is 5.34. The lowest BCUT2D eigenvalue weighted by Gasteiger charge is -2.14. The van der Waals surface area contributed by atoms with Gasteiger partial charge in [-0.25, -0.2) is 8.42 Å². The minimum absolute atomic E-state index is 0.0181. The number of anilines is 2. The fourth-order valence-corrected chi connectivity index (χ4v) is 3.43. The Kier molecular flexibility index (Phi) is 3.92. The number of hydrogen-bond acceptors (Lipinski definition) is 3. The highest BCUT2D eigenvalue weighted by Gasteiger charge is 2.19. The van der Waals surface area contributed by atoms with E-state index in [-0.39, 0.29) is 10.6 Å². The first-order chi connectivity index (χ1) is 9.31. The zero-order valence-corrected chi connectivity index (χ0v) is 12.7. The molecule has 0 unspecified atom stereocenters. The van der Waals surface area contributed by atoms with Crippen molar-refractivity contribution < 1.29 is 8.42 Å². The monoisotopic (exact) mass is 310 g/mol. The minimum Gasteiger partial charge on any atom is -0.398 e. The summed E-state index contributed by atoms with van der Waals surface area (Å²) in [5, 5.41) is 0.397. The predicted octanol–water partition coefficient (Wildman–Crippen LogP) is 3.34. The summed E-state index contributed by atoms with van der Waals surface area (Å²) < 4.78 is 27.4. The fourth-order valence-electron chi connectivity index (χ4n) is 1.93. The molecule has 2 aromatic carbocycles. The summed E-state index contributed by atoms with van der Waals surface area (Å²) in [7, 11) is -3.74. The lowest BCUT2D eigenvalue weighted by molar-refractivity contribution is 0.601. The molecule has 0 aliphatic heterocycles. The first-order valence-electron chi connectivity index (χ1n) is 5.95. The van der Waals surface area contributed by atoms with Gasteiger partial charge in [-0.15, -0.1) is 0 Å². The molecule has 0 aliphatic carbocycles. The van der Waals surface area contributed by atoms with Crippen molar-refractivity contribution in [3.8, 4) is 0 Å². The van der Waals surface area contributed by atoms with Crippen LogP contribution in [-0.2, 0) is 10.0 Å².